The van der Waals surface area contributed by atoms with Gasteiger partial charge in [-0.25, -0.2) is 4.79 Å². The zero-order valence-electron chi connectivity index (χ0n) is 17.0. The first kappa shape index (κ1) is 20.3. The largest absolute Gasteiger partial charge is 0.466 e. The quantitative estimate of drug-likeness (QED) is 0.630. The molecule has 0 unspecified atom stereocenters. The molecule has 0 aliphatic carbocycles. The Kier molecular flexibility index (Phi) is 4.26. The fraction of sp³-hybridized carbons (Fsp3) is 0.217. The summed E-state index contributed by atoms with van der Waals surface area (Å²) in [7, 11) is 2.40. The zero-order chi connectivity index (χ0) is 22.8. The molecule has 6 nitrogen and oxygen atoms in total. The molecular weight excluding hydrogens is 425 g/mol. The van der Waals surface area contributed by atoms with Crippen LogP contribution in [0.15, 0.2) is 65.9 Å². The molecule has 0 bridgehead atoms. The lowest BCUT2D eigenvalue weighted by molar-refractivity contribution is -0.160. The maximum Gasteiger partial charge on any atom is 0.432 e. The van der Waals surface area contributed by atoms with Gasteiger partial charge in [0.25, 0.3) is 5.91 Å². The number of halogens is 3. The van der Waals surface area contributed by atoms with Crippen LogP contribution >= 0.6 is 0 Å². The van der Waals surface area contributed by atoms with Crippen molar-refractivity contribution in [2.24, 2.45) is 0 Å². The Morgan fingerprint density at radius 1 is 1.09 bits per heavy atom. The van der Waals surface area contributed by atoms with Crippen molar-refractivity contribution in [1.82, 2.24) is 0 Å². The van der Waals surface area contributed by atoms with Crippen LogP contribution < -0.4 is 9.80 Å². The summed E-state index contributed by atoms with van der Waals surface area (Å²) < 4.78 is 55.0. The zero-order valence-corrected chi connectivity index (χ0v) is 17.0. The molecule has 3 heterocycles. The minimum atomic E-state index is -4.99. The van der Waals surface area contributed by atoms with Crippen LogP contribution in [0.1, 0.15) is 11.1 Å². The third-order valence-electron chi connectivity index (χ3n) is 5.93. The van der Waals surface area contributed by atoms with Gasteiger partial charge in [-0.1, -0.05) is 42.5 Å². The number of carbonyl (C=O) groups is 2. The minimum absolute atomic E-state index is 0.154. The Morgan fingerprint density at radius 2 is 1.75 bits per heavy atom. The van der Waals surface area contributed by atoms with Crippen LogP contribution in [0.2, 0.25) is 0 Å². The van der Waals surface area contributed by atoms with E-state index < -0.39 is 41.2 Å². The summed E-state index contributed by atoms with van der Waals surface area (Å²) in [6.07, 6.45) is -3.19. The number of para-hydroxylation sites is 2. The van der Waals surface area contributed by atoms with E-state index in [9.17, 15) is 22.8 Å². The maximum atomic E-state index is 14.7. The maximum absolute atomic E-state index is 14.7. The van der Waals surface area contributed by atoms with Crippen LogP contribution in [0.25, 0.3) is 6.08 Å². The fourth-order valence-electron chi connectivity index (χ4n) is 4.62. The molecule has 164 valence electrons. The average molecular weight is 442 g/mol. The van der Waals surface area contributed by atoms with Gasteiger partial charge < -0.3 is 19.3 Å². The highest BCUT2D eigenvalue weighted by molar-refractivity contribution is 6.15. The number of hydrogen-bond acceptors (Lipinski definition) is 5. The summed E-state index contributed by atoms with van der Waals surface area (Å²) in [5, 5.41) is 0. The predicted molar refractivity (Wildman–Crippen MR) is 109 cm³/mol. The van der Waals surface area contributed by atoms with E-state index in [-0.39, 0.29) is 11.3 Å². The number of esters is 1. The van der Waals surface area contributed by atoms with Crippen molar-refractivity contribution >= 4 is 29.3 Å². The number of ether oxygens (including phenoxy) is 2. The molecule has 0 fully saturated rings. The van der Waals surface area contributed by atoms with Crippen LogP contribution in [-0.2, 0) is 24.7 Å². The first-order chi connectivity index (χ1) is 15.2. The molecule has 2 aromatic carbocycles. The van der Waals surface area contributed by atoms with Crippen molar-refractivity contribution in [3.05, 3.63) is 77.0 Å². The first-order valence-corrected chi connectivity index (χ1v) is 9.74. The molecule has 0 saturated carbocycles. The van der Waals surface area contributed by atoms with Crippen molar-refractivity contribution in [3.63, 3.8) is 0 Å². The van der Waals surface area contributed by atoms with E-state index in [1.165, 1.54) is 30.2 Å². The molecule has 0 saturated heterocycles. The van der Waals surface area contributed by atoms with E-state index >= 15 is 0 Å². The number of alkyl halides is 3. The summed E-state index contributed by atoms with van der Waals surface area (Å²) >= 11 is 0. The number of methoxy groups -OCH3 is 1. The summed E-state index contributed by atoms with van der Waals surface area (Å²) in [5.74, 6) is -2.09. The lowest BCUT2D eigenvalue weighted by Crippen LogP contribution is -2.58. The third kappa shape index (κ3) is 2.51. The van der Waals surface area contributed by atoms with Gasteiger partial charge in [0.2, 0.25) is 5.60 Å². The van der Waals surface area contributed by atoms with Crippen molar-refractivity contribution in [1.29, 1.82) is 0 Å². The molecular formula is C23H17F3N2O4. The number of hydrogen-bond donors (Lipinski definition) is 0. The van der Waals surface area contributed by atoms with Crippen molar-refractivity contribution in [2.45, 2.75) is 18.0 Å². The number of nitrogens with zero attached hydrogens (tertiary/aromatic N) is 2. The number of likely N-dealkylation sites (N-methyl/N-ethyl adjacent to an activating group) is 1. The molecule has 2 atom stereocenters. The highest BCUT2D eigenvalue weighted by atomic mass is 19.4. The van der Waals surface area contributed by atoms with E-state index in [0.29, 0.717) is 11.3 Å². The smallest absolute Gasteiger partial charge is 0.432 e. The highest BCUT2D eigenvalue weighted by Crippen LogP contribution is 2.55. The van der Waals surface area contributed by atoms with Gasteiger partial charge in [0.15, 0.2) is 6.23 Å². The SMILES string of the molecule is COC(=O)C1=C(C(F)(F)F)N2c3ccccc3C=C[C@H]2O[C@]12C(=O)N(C)c1ccccc12. The number of fused-ring (bicyclic) bond motifs is 5. The summed E-state index contributed by atoms with van der Waals surface area (Å²) in [6, 6.07) is 12.8. The van der Waals surface area contributed by atoms with E-state index in [4.69, 9.17) is 9.47 Å². The van der Waals surface area contributed by atoms with Gasteiger partial charge in [-0.15, -0.1) is 0 Å². The number of allylic oxidation sites excluding steroid dienone is 1. The van der Waals surface area contributed by atoms with Gasteiger partial charge in [0.1, 0.15) is 11.3 Å². The number of anilines is 2. The lowest BCUT2D eigenvalue weighted by Gasteiger charge is -2.47. The lowest BCUT2D eigenvalue weighted by atomic mass is 9.82. The van der Waals surface area contributed by atoms with Crippen molar-refractivity contribution in [2.75, 3.05) is 24.0 Å². The van der Waals surface area contributed by atoms with Crippen LogP contribution in [0.4, 0.5) is 24.5 Å². The Balaban J connectivity index is 1.91. The van der Waals surface area contributed by atoms with Crippen LogP contribution in [0, 0.1) is 0 Å². The standard InChI is InChI=1S/C23H17F3N2O4/c1-27-16-10-6-4-8-14(16)22(21(27)30)18(20(29)31-2)19(23(24,25)26)28-15-9-5-3-7-13(15)11-12-17(28)32-22/h3-12,17H,1-2H3/t17-,22+/m1/s1. The first-order valence-electron chi connectivity index (χ1n) is 9.74. The monoisotopic (exact) mass is 442 g/mol. The average Bonchev–Trinajstić information content (AvgIpc) is 2.99. The van der Waals surface area contributed by atoms with E-state index in [2.05, 4.69) is 0 Å². The minimum Gasteiger partial charge on any atom is -0.466 e. The molecule has 32 heavy (non-hydrogen) atoms. The molecule has 0 radical (unpaired) electrons. The van der Waals surface area contributed by atoms with Gasteiger partial charge >= 0.3 is 12.1 Å². The Morgan fingerprint density at radius 3 is 2.44 bits per heavy atom. The van der Waals surface area contributed by atoms with Crippen molar-refractivity contribution in [3.8, 4) is 0 Å². The highest BCUT2D eigenvalue weighted by Gasteiger charge is 2.65. The normalized spacial score (nSPS) is 23.9. The predicted octanol–water partition coefficient (Wildman–Crippen LogP) is 3.74. The van der Waals surface area contributed by atoms with Crippen LogP contribution in [-0.4, -0.2) is 38.4 Å². The summed E-state index contributed by atoms with van der Waals surface area (Å²) in [6.45, 7) is 0. The second-order valence-corrected chi connectivity index (χ2v) is 7.57. The molecule has 1 amide bonds. The molecule has 3 aliphatic heterocycles. The van der Waals surface area contributed by atoms with Gasteiger partial charge in [0.05, 0.1) is 18.5 Å². The molecule has 0 aromatic heterocycles. The molecule has 3 aliphatic rings. The van der Waals surface area contributed by atoms with Crippen LogP contribution in [0.5, 0.6) is 0 Å². The number of rotatable bonds is 1. The Hall–Kier alpha value is -3.59. The third-order valence-corrected chi connectivity index (χ3v) is 5.93. The summed E-state index contributed by atoms with van der Waals surface area (Å²) in [4.78, 5) is 28.6. The second kappa shape index (κ2) is 6.70. The van der Waals surface area contributed by atoms with Gasteiger partial charge in [-0.05, 0) is 23.8 Å². The van der Waals surface area contributed by atoms with E-state index in [1.807, 2.05) is 0 Å². The summed E-state index contributed by atoms with van der Waals surface area (Å²) in [5.41, 5.74) is -3.25. The molecule has 2 aromatic rings. The van der Waals surface area contributed by atoms with Crippen molar-refractivity contribution < 1.29 is 32.2 Å². The van der Waals surface area contributed by atoms with Gasteiger partial charge in [-0.2, -0.15) is 13.2 Å². The molecule has 9 heteroatoms. The van der Waals surface area contributed by atoms with E-state index in [1.54, 1.807) is 42.5 Å². The molecule has 5 rings (SSSR count). The topological polar surface area (TPSA) is 59.1 Å². The Bertz CT molecular complexity index is 1220. The van der Waals surface area contributed by atoms with Gasteiger partial charge in [0, 0.05) is 12.6 Å². The molecule has 0 N–H and O–H groups in total. The number of carbonyl (C=O) groups excluding carboxylic acids is 2. The fourth-order valence-corrected chi connectivity index (χ4v) is 4.62. The number of benzene rings is 2. The second-order valence-electron chi connectivity index (χ2n) is 7.57. The van der Waals surface area contributed by atoms with Gasteiger partial charge in [-0.3, -0.25) is 4.79 Å². The van der Waals surface area contributed by atoms with E-state index in [0.717, 1.165) is 12.0 Å². The van der Waals surface area contributed by atoms with Crippen LogP contribution in [0.3, 0.4) is 0 Å². The Labute approximate surface area is 181 Å². The number of amides is 1. The molecule has 1 spiro atoms.